The van der Waals surface area contributed by atoms with E-state index < -0.39 is 21.7 Å². The van der Waals surface area contributed by atoms with Gasteiger partial charge in [-0.15, -0.1) is 0 Å². The lowest BCUT2D eigenvalue weighted by Gasteiger charge is -2.35. The van der Waals surface area contributed by atoms with Crippen molar-refractivity contribution < 1.29 is 22.7 Å². The highest BCUT2D eigenvalue weighted by molar-refractivity contribution is 7.89. The van der Waals surface area contributed by atoms with Crippen LogP contribution in [0.5, 0.6) is 0 Å². The standard InChI is InChI=1S/C35H39N3O5S/c1-24-16-17-28(23-32(24)33(39)36-25(2)30-15-9-11-26-10-6-7-14-31(26)30)27-12-8-13-29(22-27)44(41,42)38-20-18-37(19-21-38)34(40)43-35(3,4)5/h6-17,22-23,25H,18-21H2,1-5H3,(H,36,39)/t25-/m1/s1. The summed E-state index contributed by atoms with van der Waals surface area (Å²) in [5.41, 5.74) is 3.20. The van der Waals surface area contributed by atoms with Crippen molar-refractivity contribution in [1.29, 1.82) is 0 Å². The van der Waals surface area contributed by atoms with Crippen LogP contribution in [-0.2, 0) is 14.8 Å². The summed E-state index contributed by atoms with van der Waals surface area (Å²) in [4.78, 5) is 27.6. The fourth-order valence-electron chi connectivity index (χ4n) is 5.45. The number of sulfonamides is 1. The van der Waals surface area contributed by atoms with E-state index in [-0.39, 0.29) is 43.0 Å². The van der Waals surface area contributed by atoms with Gasteiger partial charge in [0.05, 0.1) is 10.9 Å². The molecule has 1 atom stereocenters. The van der Waals surface area contributed by atoms with Gasteiger partial charge in [-0.05, 0) is 85.8 Å². The first kappa shape index (κ1) is 31.2. The Morgan fingerprint density at radius 2 is 1.50 bits per heavy atom. The molecule has 0 bridgehead atoms. The molecule has 2 amide bonds. The third-order valence-electron chi connectivity index (χ3n) is 7.82. The molecule has 1 aliphatic rings. The first-order chi connectivity index (χ1) is 20.8. The monoisotopic (exact) mass is 613 g/mol. The number of ether oxygens (including phenoxy) is 1. The molecule has 0 unspecified atom stereocenters. The predicted molar refractivity (Wildman–Crippen MR) is 173 cm³/mol. The number of hydrogen-bond donors (Lipinski definition) is 1. The van der Waals surface area contributed by atoms with E-state index in [2.05, 4.69) is 23.5 Å². The highest BCUT2D eigenvalue weighted by Gasteiger charge is 2.32. The molecule has 1 N–H and O–H groups in total. The zero-order valence-electron chi connectivity index (χ0n) is 25.8. The third kappa shape index (κ3) is 6.79. The van der Waals surface area contributed by atoms with Crippen LogP contribution in [0.2, 0.25) is 0 Å². The molecule has 1 heterocycles. The minimum absolute atomic E-state index is 0.164. The van der Waals surface area contributed by atoms with Crippen molar-refractivity contribution >= 4 is 32.8 Å². The normalized spacial score (nSPS) is 15.2. The maximum Gasteiger partial charge on any atom is 0.410 e. The Hall–Kier alpha value is -4.21. The van der Waals surface area contributed by atoms with Gasteiger partial charge in [0.2, 0.25) is 10.0 Å². The third-order valence-corrected chi connectivity index (χ3v) is 9.71. The fraction of sp³-hybridized carbons (Fsp3) is 0.314. The van der Waals surface area contributed by atoms with Gasteiger partial charge >= 0.3 is 6.09 Å². The van der Waals surface area contributed by atoms with Crippen molar-refractivity contribution in [1.82, 2.24) is 14.5 Å². The molecular weight excluding hydrogens is 574 g/mol. The lowest BCUT2D eigenvalue weighted by molar-refractivity contribution is 0.0192. The van der Waals surface area contributed by atoms with Crippen LogP contribution in [0.15, 0.2) is 89.8 Å². The van der Waals surface area contributed by atoms with Crippen LogP contribution in [-0.4, -0.2) is 61.4 Å². The Morgan fingerprint density at radius 3 is 2.23 bits per heavy atom. The summed E-state index contributed by atoms with van der Waals surface area (Å²) in [6.45, 7) is 10.1. The lowest BCUT2D eigenvalue weighted by atomic mass is 9.97. The Morgan fingerprint density at radius 1 is 0.841 bits per heavy atom. The molecular formula is C35H39N3O5S. The van der Waals surface area contributed by atoms with E-state index in [4.69, 9.17) is 4.74 Å². The van der Waals surface area contributed by atoms with Crippen LogP contribution in [0.1, 0.15) is 55.2 Å². The van der Waals surface area contributed by atoms with Crippen LogP contribution in [0.4, 0.5) is 4.79 Å². The maximum atomic E-state index is 13.6. The molecule has 9 heteroatoms. The number of rotatable bonds is 6. The molecule has 44 heavy (non-hydrogen) atoms. The van der Waals surface area contributed by atoms with Gasteiger partial charge in [-0.2, -0.15) is 4.31 Å². The second kappa shape index (κ2) is 12.4. The fourth-order valence-corrected chi connectivity index (χ4v) is 6.92. The number of fused-ring (bicyclic) bond motifs is 1. The largest absolute Gasteiger partial charge is 0.444 e. The summed E-state index contributed by atoms with van der Waals surface area (Å²) in [7, 11) is -3.80. The minimum Gasteiger partial charge on any atom is -0.444 e. The van der Waals surface area contributed by atoms with Gasteiger partial charge < -0.3 is 15.0 Å². The van der Waals surface area contributed by atoms with E-state index in [9.17, 15) is 18.0 Å². The Kier molecular flexibility index (Phi) is 8.81. The van der Waals surface area contributed by atoms with E-state index in [0.29, 0.717) is 11.1 Å². The average Bonchev–Trinajstić information content (AvgIpc) is 3.00. The van der Waals surface area contributed by atoms with Crippen LogP contribution in [0.25, 0.3) is 21.9 Å². The van der Waals surface area contributed by atoms with Gasteiger partial charge in [0, 0.05) is 31.7 Å². The Bertz CT molecular complexity index is 1800. The minimum atomic E-state index is -3.80. The molecule has 230 valence electrons. The van der Waals surface area contributed by atoms with Crippen molar-refractivity contribution in [3.05, 3.63) is 102 Å². The molecule has 1 fully saturated rings. The number of hydrogen-bond acceptors (Lipinski definition) is 5. The van der Waals surface area contributed by atoms with E-state index in [1.165, 1.54) is 9.21 Å². The molecule has 1 aliphatic heterocycles. The van der Waals surface area contributed by atoms with Crippen LogP contribution in [0, 0.1) is 6.92 Å². The topological polar surface area (TPSA) is 96.0 Å². The van der Waals surface area contributed by atoms with E-state index in [0.717, 1.165) is 27.5 Å². The van der Waals surface area contributed by atoms with Gasteiger partial charge in [0.1, 0.15) is 5.60 Å². The molecule has 5 rings (SSSR count). The van der Waals surface area contributed by atoms with Crippen molar-refractivity contribution in [2.45, 2.75) is 51.2 Å². The Labute approximate surface area is 259 Å². The first-order valence-corrected chi connectivity index (χ1v) is 16.3. The molecule has 0 radical (unpaired) electrons. The van der Waals surface area contributed by atoms with Crippen molar-refractivity contribution in [3.8, 4) is 11.1 Å². The Balaban J connectivity index is 1.32. The summed E-state index contributed by atoms with van der Waals surface area (Å²) in [5, 5.41) is 5.36. The molecule has 0 spiro atoms. The SMILES string of the molecule is Cc1ccc(-c2cccc(S(=O)(=O)N3CCN(C(=O)OC(C)(C)C)CC3)c2)cc1C(=O)N[C@H](C)c1cccc2ccccc12. The summed E-state index contributed by atoms with van der Waals surface area (Å²) < 4.78 is 34.0. The number of amides is 2. The molecule has 1 saturated heterocycles. The number of benzene rings is 4. The van der Waals surface area contributed by atoms with Gasteiger partial charge in [-0.1, -0.05) is 66.7 Å². The molecule has 8 nitrogen and oxygen atoms in total. The molecule has 0 aromatic heterocycles. The van der Waals surface area contributed by atoms with E-state index >= 15 is 0 Å². The highest BCUT2D eigenvalue weighted by Crippen LogP contribution is 2.28. The molecule has 0 aliphatic carbocycles. The van der Waals surface area contributed by atoms with E-state index in [1.807, 2.05) is 62.4 Å². The second-order valence-electron chi connectivity index (χ2n) is 12.2. The quantitative estimate of drug-likeness (QED) is 0.266. The van der Waals surface area contributed by atoms with E-state index in [1.54, 1.807) is 39.0 Å². The van der Waals surface area contributed by atoms with Gasteiger partial charge in [-0.3, -0.25) is 4.79 Å². The van der Waals surface area contributed by atoms with Crippen molar-refractivity contribution in [2.24, 2.45) is 0 Å². The zero-order valence-corrected chi connectivity index (χ0v) is 26.6. The van der Waals surface area contributed by atoms with Crippen LogP contribution < -0.4 is 5.32 Å². The van der Waals surface area contributed by atoms with Gasteiger partial charge in [0.15, 0.2) is 0 Å². The summed E-state index contributed by atoms with van der Waals surface area (Å²) >= 11 is 0. The highest BCUT2D eigenvalue weighted by atomic mass is 32.2. The van der Waals surface area contributed by atoms with Crippen LogP contribution in [0.3, 0.4) is 0 Å². The summed E-state index contributed by atoms with van der Waals surface area (Å²) in [6, 6.07) is 26.3. The molecule has 0 saturated carbocycles. The van der Waals surface area contributed by atoms with Crippen LogP contribution >= 0.6 is 0 Å². The second-order valence-corrected chi connectivity index (χ2v) is 14.1. The van der Waals surface area contributed by atoms with Crippen molar-refractivity contribution in [3.63, 3.8) is 0 Å². The number of carbonyl (C=O) groups is 2. The summed E-state index contributed by atoms with van der Waals surface area (Å²) in [5.74, 6) is -0.198. The molecule has 4 aromatic carbocycles. The zero-order chi connectivity index (χ0) is 31.6. The summed E-state index contributed by atoms with van der Waals surface area (Å²) in [6.07, 6.45) is -0.442. The number of nitrogens with one attached hydrogen (secondary N) is 1. The predicted octanol–water partition coefficient (Wildman–Crippen LogP) is 6.55. The van der Waals surface area contributed by atoms with Crippen molar-refractivity contribution in [2.75, 3.05) is 26.2 Å². The van der Waals surface area contributed by atoms with Gasteiger partial charge in [-0.25, -0.2) is 13.2 Å². The number of carbonyl (C=O) groups excluding carboxylic acids is 2. The number of piperazine rings is 1. The molecule has 4 aromatic rings. The lowest BCUT2D eigenvalue weighted by Crippen LogP contribution is -2.51. The number of nitrogens with zero attached hydrogens (tertiary/aromatic N) is 2. The first-order valence-electron chi connectivity index (χ1n) is 14.8. The smallest absolute Gasteiger partial charge is 0.410 e. The number of aryl methyl sites for hydroxylation is 1. The van der Waals surface area contributed by atoms with Gasteiger partial charge in [0.25, 0.3) is 5.91 Å². The average molecular weight is 614 g/mol. The maximum absolute atomic E-state index is 13.6.